The zero-order valence-electron chi connectivity index (χ0n) is 11.4. The van der Waals surface area contributed by atoms with E-state index >= 15 is 0 Å². The quantitative estimate of drug-likeness (QED) is 0.791. The van der Waals surface area contributed by atoms with Gasteiger partial charge >= 0.3 is 6.09 Å². The van der Waals surface area contributed by atoms with Gasteiger partial charge in [-0.3, -0.25) is 0 Å². The molecule has 0 aromatic rings. The molecule has 1 saturated heterocycles. The Kier molecular flexibility index (Phi) is 3.91. The van der Waals surface area contributed by atoms with E-state index in [0.717, 1.165) is 6.92 Å². The van der Waals surface area contributed by atoms with Crippen molar-refractivity contribution in [3.8, 4) is 0 Å². The molecule has 0 radical (unpaired) electrons. The van der Waals surface area contributed by atoms with Crippen molar-refractivity contribution < 1.29 is 18.3 Å². The van der Waals surface area contributed by atoms with Crippen LogP contribution >= 0.6 is 0 Å². The van der Waals surface area contributed by atoms with E-state index in [1.165, 1.54) is 4.90 Å². The van der Waals surface area contributed by atoms with Gasteiger partial charge in [0.05, 0.1) is 5.54 Å². The van der Waals surface area contributed by atoms with Gasteiger partial charge in [0.1, 0.15) is 5.60 Å². The third kappa shape index (κ3) is 3.54. The number of carbonyl (C=O) groups excluding carboxylic acids is 1. The summed E-state index contributed by atoms with van der Waals surface area (Å²) in [4.78, 5) is 13.2. The molecule has 0 unspecified atom stereocenters. The fraction of sp³-hybridized carbons (Fsp3) is 0.917. The lowest BCUT2D eigenvalue weighted by atomic mass is 9.83. The van der Waals surface area contributed by atoms with E-state index in [2.05, 4.69) is 0 Å². The summed E-state index contributed by atoms with van der Waals surface area (Å²) in [6.07, 6.45) is -0.310. The van der Waals surface area contributed by atoms with Crippen molar-refractivity contribution in [2.24, 2.45) is 5.73 Å². The highest BCUT2D eigenvalue weighted by Gasteiger charge is 2.49. The maximum Gasteiger partial charge on any atom is 0.410 e. The summed E-state index contributed by atoms with van der Waals surface area (Å²) in [5, 5.41) is 0. The Bertz CT molecular complexity index is 313. The van der Waals surface area contributed by atoms with Crippen LogP contribution in [0.2, 0.25) is 0 Å². The van der Waals surface area contributed by atoms with Crippen LogP contribution in [0.25, 0.3) is 0 Å². The Morgan fingerprint density at radius 1 is 1.22 bits per heavy atom. The number of carbonyl (C=O) groups is 1. The Morgan fingerprint density at radius 2 is 1.67 bits per heavy atom. The van der Waals surface area contributed by atoms with Crippen LogP contribution in [0.3, 0.4) is 0 Å². The van der Waals surface area contributed by atoms with Crippen molar-refractivity contribution in [3.05, 3.63) is 0 Å². The van der Waals surface area contributed by atoms with Gasteiger partial charge < -0.3 is 15.4 Å². The fourth-order valence-electron chi connectivity index (χ4n) is 1.85. The molecule has 0 aliphatic carbocycles. The highest BCUT2D eigenvalue weighted by Crippen LogP contribution is 2.35. The van der Waals surface area contributed by atoms with E-state index in [-0.39, 0.29) is 25.9 Å². The lowest BCUT2D eigenvalue weighted by Gasteiger charge is -2.42. The number of rotatable bonds is 1. The minimum absolute atomic E-state index is 0.0791. The topological polar surface area (TPSA) is 55.6 Å². The van der Waals surface area contributed by atoms with Crippen LogP contribution in [0.15, 0.2) is 0 Å². The Labute approximate surface area is 106 Å². The van der Waals surface area contributed by atoms with Crippen LogP contribution in [-0.4, -0.2) is 41.1 Å². The molecule has 0 atom stereocenters. The molecule has 0 aromatic heterocycles. The van der Waals surface area contributed by atoms with E-state index in [1.807, 2.05) is 0 Å². The van der Waals surface area contributed by atoms with Crippen LogP contribution < -0.4 is 5.73 Å². The number of nitrogens with two attached hydrogens (primary N) is 1. The van der Waals surface area contributed by atoms with Crippen molar-refractivity contribution in [2.75, 3.05) is 13.1 Å². The molecule has 1 rings (SSSR count). The number of amides is 1. The Balaban J connectivity index is 2.57. The second-order valence-corrected chi connectivity index (χ2v) is 6.01. The maximum atomic E-state index is 13.3. The standard InChI is InChI=1S/C12H22F2N2O2/c1-10(2,3)18-9(17)16-7-5-12(15,6-8-16)11(4,13)14/h5-8,15H2,1-4H3. The van der Waals surface area contributed by atoms with Crippen molar-refractivity contribution in [3.63, 3.8) is 0 Å². The molecule has 0 saturated carbocycles. The number of likely N-dealkylation sites (tertiary alicyclic amines) is 1. The minimum atomic E-state index is -2.94. The molecule has 18 heavy (non-hydrogen) atoms. The number of halogens is 2. The SMILES string of the molecule is CC(C)(C)OC(=O)N1CCC(N)(C(C)(F)F)CC1. The van der Waals surface area contributed by atoms with Gasteiger partial charge in [0.2, 0.25) is 0 Å². The Hall–Kier alpha value is -0.910. The second kappa shape index (κ2) is 4.64. The highest BCUT2D eigenvalue weighted by atomic mass is 19.3. The number of hydrogen-bond donors (Lipinski definition) is 1. The molecule has 1 aliphatic rings. The third-order valence-electron chi connectivity index (χ3n) is 3.18. The molecule has 1 fully saturated rings. The van der Waals surface area contributed by atoms with Crippen molar-refractivity contribution >= 4 is 6.09 Å². The zero-order valence-corrected chi connectivity index (χ0v) is 11.4. The van der Waals surface area contributed by atoms with Gasteiger partial charge in [0.15, 0.2) is 0 Å². The lowest BCUT2D eigenvalue weighted by molar-refractivity contribution is -0.0812. The summed E-state index contributed by atoms with van der Waals surface area (Å²) >= 11 is 0. The Morgan fingerprint density at radius 3 is 2.00 bits per heavy atom. The van der Waals surface area contributed by atoms with Gasteiger partial charge in [-0.2, -0.15) is 0 Å². The van der Waals surface area contributed by atoms with Crippen molar-refractivity contribution in [2.45, 2.75) is 57.6 Å². The van der Waals surface area contributed by atoms with Gasteiger partial charge in [-0.05, 0) is 33.6 Å². The first-order chi connectivity index (χ1) is 7.95. The van der Waals surface area contributed by atoms with E-state index < -0.39 is 23.2 Å². The summed E-state index contributed by atoms with van der Waals surface area (Å²) in [7, 11) is 0. The molecule has 2 N–H and O–H groups in total. The first kappa shape index (κ1) is 15.1. The number of hydrogen-bond acceptors (Lipinski definition) is 3. The minimum Gasteiger partial charge on any atom is -0.444 e. The summed E-state index contributed by atoms with van der Waals surface area (Å²) in [5.74, 6) is -2.94. The number of alkyl halides is 2. The summed E-state index contributed by atoms with van der Waals surface area (Å²) < 4.78 is 31.9. The predicted octanol–water partition coefficient (Wildman–Crippen LogP) is 2.37. The van der Waals surface area contributed by atoms with Gasteiger partial charge in [-0.15, -0.1) is 0 Å². The van der Waals surface area contributed by atoms with Crippen LogP contribution in [0.1, 0.15) is 40.5 Å². The molecule has 1 aliphatic heterocycles. The largest absolute Gasteiger partial charge is 0.444 e. The van der Waals surface area contributed by atoms with Crippen LogP contribution in [0.5, 0.6) is 0 Å². The lowest BCUT2D eigenvalue weighted by Crippen LogP contribution is -2.60. The molecule has 106 valence electrons. The summed E-state index contributed by atoms with van der Waals surface area (Å²) in [6, 6.07) is 0. The molecule has 1 amide bonds. The molecule has 4 nitrogen and oxygen atoms in total. The van der Waals surface area contributed by atoms with Gasteiger partial charge in [-0.25, -0.2) is 13.6 Å². The smallest absolute Gasteiger partial charge is 0.410 e. The van der Waals surface area contributed by atoms with Crippen LogP contribution in [-0.2, 0) is 4.74 Å². The zero-order chi connectivity index (χ0) is 14.2. The van der Waals surface area contributed by atoms with Gasteiger partial charge in [-0.1, -0.05) is 0 Å². The first-order valence-corrected chi connectivity index (χ1v) is 6.09. The number of nitrogens with zero attached hydrogens (tertiary/aromatic N) is 1. The first-order valence-electron chi connectivity index (χ1n) is 6.09. The average molecular weight is 264 g/mol. The molecular formula is C12H22F2N2O2. The summed E-state index contributed by atoms with van der Waals surface area (Å²) in [5.41, 5.74) is 3.59. The molecule has 0 spiro atoms. The number of piperidine rings is 1. The third-order valence-corrected chi connectivity index (χ3v) is 3.18. The molecular weight excluding hydrogens is 242 g/mol. The summed E-state index contributed by atoms with van der Waals surface area (Å²) in [6.45, 7) is 6.53. The van der Waals surface area contributed by atoms with Gasteiger partial charge in [0.25, 0.3) is 5.92 Å². The second-order valence-electron chi connectivity index (χ2n) is 6.01. The molecule has 0 aromatic carbocycles. The van der Waals surface area contributed by atoms with Crippen LogP contribution in [0, 0.1) is 0 Å². The number of ether oxygens (including phenoxy) is 1. The van der Waals surface area contributed by atoms with E-state index in [0.29, 0.717) is 0 Å². The average Bonchev–Trinajstić information content (AvgIpc) is 2.14. The van der Waals surface area contributed by atoms with Crippen molar-refractivity contribution in [1.29, 1.82) is 0 Å². The normalized spacial score (nSPS) is 20.7. The van der Waals surface area contributed by atoms with Gasteiger partial charge in [0, 0.05) is 20.0 Å². The maximum absolute atomic E-state index is 13.3. The van der Waals surface area contributed by atoms with Crippen LogP contribution in [0.4, 0.5) is 13.6 Å². The van der Waals surface area contributed by atoms with E-state index in [1.54, 1.807) is 20.8 Å². The van der Waals surface area contributed by atoms with E-state index in [9.17, 15) is 13.6 Å². The predicted molar refractivity (Wildman–Crippen MR) is 64.6 cm³/mol. The monoisotopic (exact) mass is 264 g/mol. The molecule has 1 heterocycles. The van der Waals surface area contributed by atoms with E-state index in [4.69, 9.17) is 10.5 Å². The fourth-order valence-corrected chi connectivity index (χ4v) is 1.85. The molecule has 0 bridgehead atoms. The van der Waals surface area contributed by atoms with Crippen molar-refractivity contribution in [1.82, 2.24) is 4.90 Å². The molecule has 6 heteroatoms. The highest BCUT2D eigenvalue weighted by molar-refractivity contribution is 5.68.